The van der Waals surface area contributed by atoms with Gasteiger partial charge >= 0.3 is 0 Å². The molecular formula is C12H17N3O3S. The highest BCUT2D eigenvalue weighted by Crippen LogP contribution is 2.31. The lowest BCUT2D eigenvalue weighted by atomic mass is 10.1. The van der Waals surface area contributed by atoms with Crippen LogP contribution in [-0.4, -0.2) is 33.7 Å². The molecule has 1 fully saturated rings. The highest BCUT2D eigenvalue weighted by molar-refractivity contribution is 7.89. The molecule has 0 bridgehead atoms. The summed E-state index contributed by atoms with van der Waals surface area (Å²) >= 11 is 0. The van der Waals surface area contributed by atoms with E-state index in [-0.39, 0.29) is 24.0 Å². The maximum absolute atomic E-state index is 12.0. The van der Waals surface area contributed by atoms with Crippen LogP contribution in [0.3, 0.4) is 0 Å². The topological polar surface area (TPSA) is 92.5 Å². The first-order valence-electron chi connectivity index (χ1n) is 5.98. The molecule has 1 aliphatic rings. The number of primary sulfonamides is 1. The van der Waals surface area contributed by atoms with E-state index in [4.69, 9.17) is 5.14 Å². The van der Waals surface area contributed by atoms with Gasteiger partial charge < -0.3 is 10.2 Å². The van der Waals surface area contributed by atoms with Gasteiger partial charge in [-0.1, -0.05) is 12.1 Å². The number of nitrogens with zero attached hydrogens (tertiary/aromatic N) is 1. The standard InChI is InChI=1S/C12H17N3O3S/c1-14-10-4-2-3-5-11(10)15-7-9(6-12(15)16)8-19(13,17)18/h2-5,9,14H,6-8H2,1H3,(H2,13,17,18). The Labute approximate surface area is 112 Å². The molecule has 1 unspecified atom stereocenters. The van der Waals surface area contributed by atoms with Crippen LogP contribution in [0.4, 0.5) is 11.4 Å². The first-order chi connectivity index (χ1) is 8.90. The fourth-order valence-electron chi connectivity index (χ4n) is 2.37. The van der Waals surface area contributed by atoms with E-state index in [9.17, 15) is 13.2 Å². The third kappa shape index (κ3) is 3.24. The van der Waals surface area contributed by atoms with Crippen molar-refractivity contribution < 1.29 is 13.2 Å². The van der Waals surface area contributed by atoms with Gasteiger partial charge in [0.2, 0.25) is 15.9 Å². The number of hydrogen-bond donors (Lipinski definition) is 2. The number of carbonyl (C=O) groups excluding carboxylic acids is 1. The number of benzene rings is 1. The highest BCUT2D eigenvalue weighted by Gasteiger charge is 2.33. The molecular weight excluding hydrogens is 266 g/mol. The summed E-state index contributed by atoms with van der Waals surface area (Å²) < 4.78 is 22.2. The molecule has 0 radical (unpaired) electrons. The summed E-state index contributed by atoms with van der Waals surface area (Å²) in [5.74, 6) is -0.472. The molecule has 0 aliphatic carbocycles. The molecule has 1 aliphatic heterocycles. The number of para-hydroxylation sites is 2. The van der Waals surface area contributed by atoms with Crippen molar-refractivity contribution in [3.8, 4) is 0 Å². The van der Waals surface area contributed by atoms with Crippen molar-refractivity contribution in [2.45, 2.75) is 6.42 Å². The minimum Gasteiger partial charge on any atom is -0.386 e. The zero-order chi connectivity index (χ0) is 14.0. The predicted octanol–water partition coefficient (Wildman–Crippen LogP) is 0.370. The number of hydrogen-bond acceptors (Lipinski definition) is 4. The van der Waals surface area contributed by atoms with Crippen LogP contribution in [-0.2, 0) is 14.8 Å². The molecule has 7 heteroatoms. The molecule has 0 aromatic heterocycles. The Balaban J connectivity index is 2.20. The van der Waals surface area contributed by atoms with Crippen LogP contribution in [0, 0.1) is 5.92 Å². The minimum atomic E-state index is -3.55. The first kappa shape index (κ1) is 13.8. The maximum atomic E-state index is 12.0. The van der Waals surface area contributed by atoms with Gasteiger partial charge in [-0.05, 0) is 12.1 Å². The van der Waals surface area contributed by atoms with Crippen LogP contribution in [0.5, 0.6) is 0 Å². The summed E-state index contributed by atoms with van der Waals surface area (Å²) in [5.41, 5.74) is 1.61. The summed E-state index contributed by atoms with van der Waals surface area (Å²) in [7, 11) is -1.77. The largest absolute Gasteiger partial charge is 0.386 e. The molecule has 1 atom stereocenters. The van der Waals surface area contributed by atoms with E-state index in [1.807, 2.05) is 24.3 Å². The van der Waals surface area contributed by atoms with E-state index in [1.165, 1.54) is 0 Å². The lowest BCUT2D eigenvalue weighted by Crippen LogP contribution is -2.28. The highest BCUT2D eigenvalue weighted by atomic mass is 32.2. The number of nitrogens with one attached hydrogen (secondary N) is 1. The van der Waals surface area contributed by atoms with Crippen LogP contribution in [0.25, 0.3) is 0 Å². The number of anilines is 2. The summed E-state index contributed by atoms with van der Waals surface area (Å²) in [6.07, 6.45) is 0.217. The summed E-state index contributed by atoms with van der Waals surface area (Å²) in [5, 5.41) is 8.05. The van der Waals surface area contributed by atoms with Crippen molar-refractivity contribution in [1.82, 2.24) is 0 Å². The number of sulfonamides is 1. The fraction of sp³-hybridized carbons (Fsp3) is 0.417. The molecule has 1 heterocycles. The van der Waals surface area contributed by atoms with Gasteiger partial charge in [-0.3, -0.25) is 4.79 Å². The van der Waals surface area contributed by atoms with Crippen molar-refractivity contribution in [2.24, 2.45) is 11.1 Å². The molecule has 1 aromatic rings. The molecule has 3 N–H and O–H groups in total. The van der Waals surface area contributed by atoms with Gasteiger partial charge in [-0.15, -0.1) is 0 Å². The van der Waals surface area contributed by atoms with Gasteiger partial charge in [0.1, 0.15) is 0 Å². The first-order valence-corrected chi connectivity index (χ1v) is 7.70. The molecule has 0 spiro atoms. The average molecular weight is 283 g/mol. The number of amides is 1. The van der Waals surface area contributed by atoms with Crippen molar-refractivity contribution in [3.05, 3.63) is 24.3 Å². The van der Waals surface area contributed by atoms with Crippen molar-refractivity contribution in [1.29, 1.82) is 0 Å². The van der Waals surface area contributed by atoms with Crippen molar-refractivity contribution in [2.75, 3.05) is 29.6 Å². The number of nitrogens with two attached hydrogens (primary N) is 1. The second kappa shape index (κ2) is 5.18. The SMILES string of the molecule is CNc1ccccc1N1CC(CS(N)(=O)=O)CC1=O. The lowest BCUT2D eigenvalue weighted by Gasteiger charge is -2.20. The van der Waals surface area contributed by atoms with Gasteiger partial charge in [-0.2, -0.15) is 0 Å². The third-order valence-electron chi connectivity index (χ3n) is 3.14. The second-order valence-electron chi connectivity index (χ2n) is 4.67. The zero-order valence-corrected chi connectivity index (χ0v) is 11.5. The average Bonchev–Trinajstić information content (AvgIpc) is 2.67. The van der Waals surface area contributed by atoms with Crippen molar-refractivity contribution in [3.63, 3.8) is 0 Å². The Kier molecular flexibility index (Phi) is 3.77. The number of carbonyl (C=O) groups is 1. The molecule has 1 amide bonds. The monoisotopic (exact) mass is 283 g/mol. The zero-order valence-electron chi connectivity index (χ0n) is 10.7. The third-order valence-corrected chi connectivity index (χ3v) is 4.07. The Hall–Kier alpha value is -1.60. The normalized spacial score (nSPS) is 19.8. The van der Waals surface area contributed by atoms with E-state index >= 15 is 0 Å². The minimum absolute atomic E-state index is 0.0728. The summed E-state index contributed by atoms with van der Waals surface area (Å²) in [4.78, 5) is 13.6. The Morgan fingerprint density at radius 1 is 1.42 bits per heavy atom. The van der Waals surface area contributed by atoms with Crippen LogP contribution in [0.1, 0.15) is 6.42 Å². The van der Waals surface area contributed by atoms with Crippen LogP contribution in [0.15, 0.2) is 24.3 Å². The molecule has 104 valence electrons. The molecule has 2 rings (SSSR count). The molecule has 1 saturated heterocycles. The van der Waals surface area contributed by atoms with E-state index in [0.29, 0.717) is 6.54 Å². The lowest BCUT2D eigenvalue weighted by molar-refractivity contribution is -0.117. The van der Waals surface area contributed by atoms with Gasteiger partial charge in [0.05, 0.1) is 17.1 Å². The number of rotatable bonds is 4. The molecule has 19 heavy (non-hydrogen) atoms. The van der Waals surface area contributed by atoms with Crippen LogP contribution >= 0.6 is 0 Å². The molecule has 6 nitrogen and oxygen atoms in total. The van der Waals surface area contributed by atoms with Crippen LogP contribution in [0.2, 0.25) is 0 Å². The summed E-state index contributed by atoms with van der Waals surface area (Å²) in [6, 6.07) is 7.42. The van der Waals surface area contributed by atoms with E-state index in [0.717, 1.165) is 11.4 Å². The van der Waals surface area contributed by atoms with Crippen molar-refractivity contribution >= 4 is 27.3 Å². The Morgan fingerprint density at radius 3 is 2.74 bits per heavy atom. The maximum Gasteiger partial charge on any atom is 0.227 e. The van der Waals surface area contributed by atoms with E-state index in [1.54, 1.807) is 11.9 Å². The van der Waals surface area contributed by atoms with Gasteiger partial charge in [0.25, 0.3) is 0 Å². The fourth-order valence-corrected chi connectivity index (χ4v) is 3.26. The quantitative estimate of drug-likeness (QED) is 0.835. The van der Waals surface area contributed by atoms with Crippen LogP contribution < -0.4 is 15.4 Å². The van der Waals surface area contributed by atoms with E-state index < -0.39 is 10.0 Å². The van der Waals surface area contributed by atoms with Gasteiger partial charge in [0, 0.05) is 25.9 Å². The second-order valence-corrected chi connectivity index (χ2v) is 6.33. The molecule has 1 aromatic carbocycles. The van der Waals surface area contributed by atoms with Gasteiger partial charge in [-0.25, -0.2) is 13.6 Å². The Morgan fingerprint density at radius 2 is 2.11 bits per heavy atom. The Bertz CT molecular complexity index is 586. The van der Waals surface area contributed by atoms with Gasteiger partial charge in [0.15, 0.2) is 0 Å². The summed E-state index contributed by atoms with van der Waals surface area (Å²) in [6.45, 7) is 0.383. The molecule has 0 saturated carbocycles. The smallest absolute Gasteiger partial charge is 0.227 e. The van der Waals surface area contributed by atoms with E-state index in [2.05, 4.69) is 5.32 Å². The predicted molar refractivity (Wildman–Crippen MR) is 74.4 cm³/mol.